The van der Waals surface area contributed by atoms with Gasteiger partial charge >= 0.3 is 0 Å². The molecule has 254 valence electrons. The molecular weight excluding hydrogens is 655 g/mol. The molecule has 0 amide bonds. The summed E-state index contributed by atoms with van der Waals surface area (Å²) in [6.07, 6.45) is 0. The maximum absolute atomic E-state index is 9.57. The second-order valence-corrected chi connectivity index (χ2v) is 14.9. The summed E-state index contributed by atoms with van der Waals surface area (Å²) >= 11 is 0. The smallest absolute Gasteiger partial charge is 0.160 e. The van der Waals surface area contributed by atoms with Crippen LogP contribution in [0, 0.1) is 11.3 Å². The normalized spacial score (nSPS) is 14.0. The Labute approximate surface area is 315 Å². The minimum absolute atomic E-state index is 0.120. The second-order valence-electron chi connectivity index (χ2n) is 14.9. The first-order valence-electron chi connectivity index (χ1n) is 18.5. The maximum Gasteiger partial charge on any atom is 0.160 e. The standard InChI is InChI=1S/C51H35N3/c1-50(2)43-19-8-10-21-45(43)51(46-22-11-9-20-44(46)50)41-18-7-6-17-39(41)40-30-37(27-28-42(40)51)34-23-25-35(26-24-34)47-31-48(38-16-12-13-33(29-38)32-52)54-49(53-47)36-14-4-3-5-15-36/h3-31H,1-2H3. The molecule has 2 aliphatic carbocycles. The molecule has 0 N–H and O–H groups in total. The number of fused-ring (bicyclic) bond motifs is 9. The summed E-state index contributed by atoms with van der Waals surface area (Å²) in [5.74, 6) is 0.648. The second kappa shape index (κ2) is 12.1. The molecule has 0 bridgehead atoms. The predicted octanol–water partition coefficient (Wildman–Crippen LogP) is 12.0. The van der Waals surface area contributed by atoms with Gasteiger partial charge in [-0.05, 0) is 79.9 Å². The number of rotatable bonds is 4. The molecule has 0 atom stereocenters. The Balaban J connectivity index is 1.09. The fourth-order valence-electron chi connectivity index (χ4n) is 9.09. The van der Waals surface area contributed by atoms with Crippen molar-refractivity contribution in [3.63, 3.8) is 0 Å². The SMILES string of the molecule is CC1(C)c2ccccc2C2(c3ccccc3-c3cc(-c4ccc(-c5cc(-c6cccc(C#N)c6)nc(-c6ccccc6)n5)cc4)ccc32)c2ccccc21. The van der Waals surface area contributed by atoms with Gasteiger partial charge in [-0.25, -0.2) is 9.97 Å². The van der Waals surface area contributed by atoms with Gasteiger partial charge in [0.25, 0.3) is 0 Å². The Bertz CT molecular complexity index is 2760. The number of aromatic nitrogens is 2. The fourth-order valence-corrected chi connectivity index (χ4v) is 9.09. The Morgan fingerprint density at radius 2 is 0.944 bits per heavy atom. The lowest BCUT2D eigenvalue weighted by atomic mass is 9.55. The maximum atomic E-state index is 9.57. The summed E-state index contributed by atoms with van der Waals surface area (Å²) in [6.45, 7) is 4.73. The molecule has 0 unspecified atom stereocenters. The van der Waals surface area contributed by atoms with Crippen molar-refractivity contribution in [1.29, 1.82) is 5.26 Å². The van der Waals surface area contributed by atoms with E-state index in [4.69, 9.17) is 9.97 Å². The van der Waals surface area contributed by atoms with Gasteiger partial charge < -0.3 is 0 Å². The quantitative estimate of drug-likeness (QED) is 0.185. The van der Waals surface area contributed by atoms with Crippen LogP contribution in [0.1, 0.15) is 52.8 Å². The van der Waals surface area contributed by atoms with Crippen LogP contribution in [0.2, 0.25) is 0 Å². The van der Waals surface area contributed by atoms with E-state index in [9.17, 15) is 5.26 Å². The van der Waals surface area contributed by atoms with Crippen molar-refractivity contribution in [2.24, 2.45) is 0 Å². The molecule has 0 aliphatic heterocycles. The molecule has 0 fully saturated rings. The average Bonchev–Trinajstić information content (AvgIpc) is 3.53. The molecule has 3 nitrogen and oxygen atoms in total. The first-order chi connectivity index (χ1) is 26.5. The van der Waals surface area contributed by atoms with Gasteiger partial charge in [-0.15, -0.1) is 0 Å². The predicted molar refractivity (Wildman–Crippen MR) is 218 cm³/mol. The van der Waals surface area contributed by atoms with Crippen LogP contribution in [-0.4, -0.2) is 9.97 Å². The molecule has 0 saturated carbocycles. The summed E-state index contributed by atoms with van der Waals surface area (Å²) in [4.78, 5) is 9.98. The molecule has 7 aromatic carbocycles. The van der Waals surface area contributed by atoms with E-state index in [0.29, 0.717) is 11.4 Å². The third kappa shape index (κ3) is 4.67. The van der Waals surface area contributed by atoms with Crippen molar-refractivity contribution in [1.82, 2.24) is 9.97 Å². The third-order valence-electron chi connectivity index (χ3n) is 11.6. The van der Waals surface area contributed by atoms with E-state index in [1.54, 1.807) is 0 Å². The Morgan fingerprint density at radius 1 is 0.407 bits per heavy atom. The number of hydrogen-bond donors (Lipinski definition) is 0. The summed E-state index contributed by atoms with van der Waals surface area (Å²) in [5, 5.41) is 9.57. The highest BCUT2D eigenvalue weighted by Crippen LogP contribution is 2.62. The topological polar surface area (TPSA) is 49.6 Å². The monoisotopic (exact) mass is 689 g/mol. The van der Waals surface area contributed by atoms with Crippen molar-refractivity contribution in [2.45, 2.75) is 24.7 Å². The highest BCUT2D eigenvalue weighted by atomic mass is 14.9. The van der Waals surface area contributed by atoms with Crippen LogP contribution in [0.3, 0.4) is 0 Å². The first kappa shape index (κ1) is 31.8. The summed E-state index contributed by atoms with van der Waals surface area (Å²) < 4.78 is 0. The van der Waals surface area contributed by atoms with Gasteiger partial charge in [0.05, 0.1) is 28.4 Å². The van der Waals surface area contributed by atoms with Crippen molar-refractivity contribution in [2.75, 3.05) is 0 Å². The molecule has 3 heteroatoms. The lowest BCUT2D eigenvalue weighted by Gasteiger charge is -2.46. The number of nitrogens with zero attached hydrogens (tertiary/aromatic N) is 3. The fraction of sp³-hybridized carbons (Fsp3) is 0.0784. The summed E-state index contributed by atoms with van der Waals surface area (Å²) in [7, 11) is 0. The first-order valence-corrected chi connectivity index (χ1v) is 18.5. The van der Waals surface area contributed by atoms with E-state index >= 15 is 0 Å². The third-order valence-corrected chi connectivity index (χ3v) is 11.6. The van der Waals surface area contributed by atoms with Gasteiger partial charge in [-0.1, -0.05) is 166 Å². The molecule has 2 aliphatic rings. The molecule has 1 spiro atoms. The van der Waals surface area contributed by atoms with E-state index in [2.05, 4.69) is 135 Å². The highest BCUT2D eigenvalue weighted by Gasteiger charge is 2.53. The molecular formula is C51H35N3. The molecule has 8 aromatic rings. The van der Waals surface area contributed by atoms with E-state index in [1.165, 1.54) is 50.1 Å². The molecule has 0 radical (unpaired) electrons. The molecule has 54 heavy (non-hydrogen) atoms. The average molecular weight is 690 g/mol. The van der Waals surface area contributed by atoms with E-state index < -0.39 is 5.41 Å². The van der Waals surface area contributed by atoms with Crippen LogP contribution in [0.15, 0.2) is 176 Å². The van der Waals surface area contributed by atoms with E-state index in [1.807, 2.05) is 60.7 Å². The zero-order valence-electron chi connectivity index (χ0n) is 30.1. The Morgan fingerprint density at radius 3 is 1.63 bits per heavy atom. The van der Waals surface area contributed by atoms with Crippen LogP contribution in [-0.2, 0) is 10.8 Å². The largest absolute Gasteiger partial charge is 0.228 e. The molecule has 1 aromatic heterocycles. The van der Waals surface area contributed by atoms with Gasteiger partial charge in [0.15, 0.2) is 5.82 Å². The van der Waals surface area contributed by atoms with Crippen molar-refractivity contribution in [3.05, 3.63) is 215 Å². The number of hydrogen-bond acceptors (Lipinski definition) is 3. The van der Waals surface area contributed by atoms with Crippen LogP contribution < -0.4 is 0 Å². The number of nitriles is 1. The van der Waals surface area contributed by atoms with Crippen LogP contribution in [0.5, 0.6) is 0 Å². The molecule has 0 saturated heterocycles. The van der Waals surface area contributed by atoms with Crippen LogP contribution in [0.25, 0.3) is 56.2 Å². The van der Waals surface area contributed by atoms with Crippen molar-refractivity contribution in [3.8, 4) is 62.2 Å². The van der Waals surface area contributed by atoms with Gasteiger partial charge in [-0.2, -0.15) is 5.26 Å². The van der Waals surface area contributed by atoms with Crippen molar-refractivity contribution >= 4 is 0 Å². The van der Waals surface area contributed by atoms with Gasteiger partial charge in [0.2, 0.25) is 0 Å². The molecule has 1 heterocycles. The zero-order valence-corrected chi connectivity index (χ0v) is 30.1. The van der Waals surface area contributed by atoms with E-state index in [0.717, 1.165) is 33.6 Å². The minimum Gasteiger partial charge on any atom is -0.228 e. The zero-order chi connectivity index (χ0) is 36.4. The Kier molecular flexibility index (Phi) is 7.12. The lowest BCUT2D eigenvalue weighted by Crippen LogP contribution is -2.40. The number of benzene rings is 7. The van der Waals surface area contributed by atoms with Gasteiger partial charge in [0, 0.05) is 22.1 Å². The summed E-state index contributed by atoms with van der Waals surface area (Å²) in [6, 6.07) is 64.8. The van der Waals surface area contributed by atoms with Gasteiger partial charge in [0.1, 0.15) is 0 Å². The Hall–Kier alpha value is -6.89. The summed E-state index contributed by atoms with van der Waals surface area (Å²) in [5.41, 5.74) is 17.6. The molecule has 10 rings (SSSR count). The van der Waals surface area contributed by atoms with Crippen molar-refractivity contribution < 1.29 is 0 Å². The van der Waals surface area contributed by atoms with Crippen LogP contribution >= 0.6 is 0 Å². The highest BCUT2D eigenvalue weighted by molar-refractivity contribution is 5.90. The minimum atomic E-state index is -0.398. The van der Waals surface area contributed by atoms with Gasteiger partial charge in [-0.3, -0.25) is 0 Å². The van der Waals surface area contributed by atoms with Crippen LogP contribution in [0.4, 0.5) is 0 Å². The van der Waals surface area contributed by atoms with E-state index in [-0.39, 0.29) is 5.41 Å². The lowest BCUT2D eigenvalue weighted by molar-refractivity contribution is 0.563.